The second-order valence-corrected chi connectivity index (χ2v) is 7.60. The number of nitrogens with zero attached hydrogens (tertiary/aromatic N) is 2. The van der Waals surface area contributed by atoms with E-state index >= 15 is 0 Å². The van der Waals surface area contributed by atoms with Crippen LogP contribution in [0.1, 0.15) is 37.5 Å². The highest BCUT2D eigenvalue weighted by Gasteiger charge is 2.13. The third-order valence-electron chi connectivity index (χ3n) is 3.56. The molecule has 0 bridgehead atoms. The van der Waals surface area contributed by atoms with E-state index in [4.69, 9.17) is 16.2 Å². The fraction of sp³-hybridized carbons (Fsp3) is 0.263. The number of nitrogens with two attached hydrogens (primary N) is 2. The Balaban J connectivity index is 2.12. The largest absolute Gasteiger partial charge is 0.488 e. The molecule has 0 radical (unpaired) electrons. The highest BCUT2D eigenvalue weighted by molar-refractivity contribution is 9.10. The Hall–Kier alpha value is -2.34. The molecule has 0 aliphatic rings. The molecule has 0 aliphatic carbocycles. The molecule has 0 atom stereocenters. The van der Waals surface area contributed by atoms with Crippen molar-refractivity contribution in [1.82, 2.24) is 0 Å². The predicted molar refractivity (Wildman–Crippen MR) is 107 cm³/mol. The van der Waals surface area contributed by atoms with E-state index in [-0.39, 0.29) is 11.4 Å². The summed E-state index contributed by atoms with van der Waals surface area (Å²) in [4.78, 5) is 0. The summed E-state index contributed by atoms with van der Waals surface area (Å²) in [5.41, 5.74) is 13.9. The molecule has 132 valence electrons. The number of hydrogen-bond acceptors (Lipinski definition) is 3. The molecule has 0 saturated heterocycles. The molecule has 0 heterocycles. The molecular weight excluding hydrogens is 380 g/mol. The first-order valence-electron chi connectivity index (χ1n) is 7.89. The van der Waals surface area contributed by atoms with E-state index in [2.05, 4.69) is 71.2 Å². The highest BCUT2D eigenvalue weighted by atomic mass is 79.9. The highest BCUT2D eigenvalue weighted by Crippen LogP contribution is 2.25. The third kappa shape index (κ3) is 5.90. The molecule has 0 saturated carbocycles. The smallest absolute Gasteiger partial charge is 0.211 e. The van der Waals surface area contributed by atoms with Gasteiger partial charge in [0.05, 0.1) is 6.21 Å². The van der Waals surface area contributed by atoms with Crippen LogP contribution in [0.5, 0.6) is 5.75 Å². The zero-order valence-electron chi connectivity index (χ0n) is 14.7. The van der Waals surface area contributed by atoms with Gasteiger partial charge in [-0.15, -0.1) is 5.10 Å². The minimum absolute atomic E-state index is 0.0901. The second-order valence-electron chi connectivity index (χ2n) is 6.69. The van der Waals surface area contributed by atoms with Gasteiger partial charge in [0.15, 0.2) is 0 Å². The van der Waals surface area contributed by atoms with E-state index in [1.54, 1.807) is 6.21 Å². The van der Waals surface area contributed by atoms with Crippen molar-refractivity contribution in [2.24, 2.45) is 21.7 Å². The molecule has 0 aromatic heterocycles. The van der Waals surface area contributed by atoms with Gasteiger partial charge >= 0.3 is 0 Å². The fourth-order valence-electron chi connectivity index (χ4n) is 2.17. The zero-order valence-corrected chi connectivity index (χ0v) is 16.2. The van der Waals surface area contributed by atoms with Crippen LogP contribution in [-0.4, -0.2) is 12.2 Å². The van der Waals surface area contributed by atoms with Crippen molar-refractivity contribution in [3.05, 3.63) is 63.6 Å². The van der Waals surface area contributed by atoms with E-state index in [0.29, 0.717) is 12.4 Å². The lowest BCUT2D eigenvalue weighted by Crippen LogP contribution is -2.21. The summed E-state index contributed by atoms with van der Waals surface area (Å²) in [5.74, 6) is 0.616. The van der Waals surface area contributed by atoms with Crippen molar-refractivity contribution in [3.63, 3.8) is 0 Å². The van der Waals surface area contributed by atoms with Crippen LogP contribution in [0.4, 0.5) is 0 Å². The molecule has 2 aromatic rings. The Morgan fingerprint density at radius 1 is 1.12 bits per heavy atom. The van der Waals surface area contributed by atoms with Gasteiger partial charge in [0.1, 0.15) is 12.4 Å². The van der Waals surface area contributed by atoms with E-state index < -0.39 is 0 Å². The fourth-order valence-corrected chi connectivity index (χ4v) is 2.55. The first-order valence-corrected chi connectivity index (χ1v) is 8.69. The van der Waals surface area contributed by atoms with E-state index in [9.17, 15) is 0 Å². The zero-order chi connectivity index (χ0) is 18.4. The maximum Gasteiger partial charge on any atom is 0.211 e. The van der Waals surface area contributed by atoms with Crippen LogP contribution in [0.3, 0.4) is 0 Å². The Kier molecular flexibility index (Phi) is 6.20. The van der Waals surface area contributed by atoms with E-state index in [1.165, 1.54) is 5.56 Å². The standard InChI is InChI=1S/C19H23BrN4O/c1-19(2,3)15-6-4-13(5-7-15)12-25-17-9-8-16(20)10-14(17)11-23-24-18(21)22/h4-11H,12H2,1-3H3,(H4,21,22,24)/b23-11+. The van der Waals surface area contributed by atoms with Gasteiger partial charge in [0.25, 0.3) is 0 Å². The summed E-state index contributed by atoms with van der Waals surface area (Å²) in [6, 6.07) is 14.1. The number of halogens is 1. The maximum absolute atomic E-state index is 5.94. The van der Waals surface area contributed by atoms with Crippen molar-refractivity contribution >= 4 is 28.1 Å². The predicted octanol–water partition coefficient (Wildman–Crippen LogP) is 3.93. The SMILES string of the molecule is CC(C)(C)c1ccc(COc2ccc(Br)cc2/C=N/N=C(N)N)cc1. The van der Waals surface area contributed by atoms with Crippen molar-refractivity contribution < 1.29 is 4.74 Å². The average molecular weight is 403 g/mol. The average Bonchev–Trinajstić information content (AvgIpc) is 2.53. The molecule has 4 N–H and O–H groups in total. The Labute approximate surface area is 156 Å². The van der Waals surface area contributed by atoms with Crippen LogP contribution < -0.4 is 16.2 Å². The summed E-state index contributed by atoms with van der Waals surface area (Å²) in [6.07, 6.45) is 1.56. The molecule has 2 aromatic carbocycles. The summed E-state index contributed by atoms with van der Waals surface area (Å²) in [7, 11) is 0. The van der Waals surface area contributed by atoms with Crippen LogP contribution in [0.15, 0.2) is 57.1 Å². The molecule has 2 rings (SSSR count). The number of benzene rings is 2. The van der Waals surface area contributed by atoms with Gasteiger partial charge in [0.2, 0.25) is 5.96 Å². The molecule has 0 fully saturated rings. The van der Waals surface area contributed by atoms with Crippen LogP contribution >= 0.6 is 15.9 Å². The van der Waals surface area contributed by atoms with Crippen molar-refractivity contribution in [1.29, 1.82) is 0 Å². The normalized spacial score (nSPS) is 11.5. The monoisotopic (exact) mass is 402 g/mol. The molecule has 5 nitrogen and oxygen atoms in total. The molecule has 0 spiro atoms. The van der Waals surface area contributed by atoms with Gasteiger partial charge in [-0.1, -0.05) is 61.0 Å². The topological polar surface area (TPSA) is 86.0 Å². The van der Waals surface area contributed by atoms with Gasteiger partial charge in [-0.2, -0.15) is 5.10 Å². The van der Waals surface area contributed by atoms with Gasteiger partial charge in [-0.25, -0.2) is 0 Å². The summed E-state index contributed by atoms with van der Waals surface area (Å²) >= 11 is 3.44. The molecule has 6 heteroatoms. The maximum atomic E-state index is 5.94. The minimum Gasteiger partial charge on any atom is -0.488 e. The van der Waals surface area contributed by atoms with Crippen LogP contribution in [0.25, 0.3) is 0 Å². The van der Waals surface area contributed by atoms with Gasteiger partial charge in [0, 0.05) is 10.0 Å². The first-order chi connectivity index (χ1) is 11.8. The molecular formula is C19H23BrN4O. The Bertz CT molecular complexity index is 773. The minimum atomic E-state index is -0.0901. The lowest BCUT2D eigenvalue weighted by atomic mass is 9.87. The van der Waals surface area contributed by atoms with E-state index in [0.717, 1.165) is 15.6 Å². The van der Waals surface area contributed by atoms with Crippen molar-refractivity contribution in [3.8, 4) is 5.75 Å². The summed E-state index contributed by atoms with van der Waals surface area (Å²) < 4.78 is 6.86. The summed E-state index contributed by atoms with van der Waals surface area (Å²) in [5, 5.41) is 7.46. The molecule has 25 heavy (non-hydrogen) atoms. The van der Waals surface area contributed by atoms with Crippen LogP contribution in [0.2, 0.25) is 0 Å². The lowest BCUT2D eigenvalue weighted by molar-refractivity contribution is 0.305. The quantitative estimate of drug-likeness (QED) is 0.451. The lowest BCUT2D eigenvalue weighted by Gasteiger charge is -2.19. The number of hydrogen-bond donors (Lipinski definition) is 2. The Morgan fingerprint density at radius 2 is 1.80 bits per heavy atom. The van der Waals surface area contributed by atoms with Gasteiger partial charge < -0.3 is 16.2 Å². The number of guanidine groups is 1. The Morgan fingerprint density at radius 3 is 2.40 bits per heavy atom. The molecule has 0 amide bonds. The van der Waals surface area contributed by atoms with Gasteiger partial charge in [-0.05, 0) is 34.7 Å². The summed E-state index contributed by atoms with van der Waals surface area (Å²) in [6.45, 7) is 7.06. The van der Waals surface area contributed by atoms with Crippen molar-refractivity contribution in [2.45, 2.75) is 32.8 Å². The number of rotatable bonds is 5. The van der Waals surface area contributed by atoms with Crippen LogP contribution in [0, 0.1) is 0 Å². The molecule has 0 aliphatic heterocycles. The molecule has 0 unspecified atom stereocenters. The van der Waals surface area contributed by atoms with Gasteiger partial charge in [-0.3, -0.25) is 0 Å². The third-order valence-corrected chi connectivity index (χ3v) is 4.05. The van der Waals surface area contributed by atoms with Crippen molar-refractivity contribution in [2.75, 3.05) is 0 Å². The number of ether oxygens (including phenoxy) is 1. The van der Waals surface area contributed by atoms with Crippen LogP contribution in [-0.2, 0) is 12.0 Å². The van der Waals surface area contributed by atoms with E-state index in [1.807, 2.05) is 18.2 Å². The second kappa shape index (κ2) is 8.16. The first kappa shape index (κ1) is 19.0.